The molecule has 0 saturated carbocycles. The van der Waals surface area contributed by atoms with Gasteiger partial charge >= 0.3 is 0 Å². The fraction of sp³-hybridized carbons (Fsp3) is 0. The summed E-state index contributed by atoms with van der Waals surface area (Å²) in [6.45, 7) is 0. The predicted molar refractivity (Wildman–Crippen MR) is 43.4 cm³/mol. The van der Waals surface area contributed by atoms with Crippen molar-refractivity contribution in [2.45, 2.75) is 0 Å². The van der Waals surface area contributed by atoms with Gasteiger partial charge in [0.1, 0.15) is 5.65 Å². The molecule has 2 aromatic heterocycles. The zero-order valence-corrected chi connectivity index (χ0v) is 5.78. The molecule has 48 valence electrons. The summed E-state index contributed by atoms with van der Waals surface area (Å²) in [5.74, 6) is 0. The normalized spacial score (nSPS) is 10.4. The Kier molecular flexibility index (Phi) is 1.03. The monoisotopic (exact) mass is 130 g/mol. The van der Waals surface area contributed by atoms with E-state index in [1.54, 1.807) is 0 Å². The molecular weight excluding hydrogens is 123 g/mol. The number of nitrogens with zero attached hydrogens (tertiary/aromatic N) is 2. The number of aromatic nitrogens is 2. The summed E-state index contributed by atoms with van der Waals surface area (Å²) in [7, 11) is 2.04. The van der Waals surface area contributed by atoms with E-state index in [0.717, 1.165) is 5.65 Å². The second-order valence-electron chi connectivity index (χ2n) is 2.33. The summed E-state index contributed by atoms with van der Waals surface area (Å²) in [5.41, 5.74) is 2.19. The Morgan fingerprint density at radius 2 is 2.30 bits per heavy atom. The van der Waals surface area contributed by atoms with Gasteiger partial charge in [-0.15, -0.1) is 0 Å². The van der Waals surface area contributed by atoms with Crippen LogP contribution in [0.5, 0.6) is 0 Å². The fourth-order valence-electron chi connectivity index (χ4n) is 1.06. The average molecular weight is 130 g/mol. The van der Waals surface area contributed by atoms with Gasteiger partial charge in [-0.05, 0) is 17.7 Å². The van der Waals surface area contributed by atoms with E-state index in [9.17, 15) is 0 Å². The number of hydrogen-bond acceptors (Lipinski definition) is 1. The zero-order chi connectivity index (χ0) is 6.97. The molecule has 0 aliphatic rings. The first-order valence-corrected chi connectivity index (χ1v) is 3.26. The molecule has 2 heterocycles. The molecule has 0 unspecified atom stereocenters. The highest BCUT2D eigenvalue weighted by Crippen LogP contribution is 1.94. The average Bonchev–Trinajstić information content (AvgIpc) is 2.34. The van der Waals surface area contributed by atoms with E-state index < -0.39 is 0 Å². The van der Waals surface area contributed by atoms with Crippen molar-refractivity contribution in [2.75, 3.05) is 0 Å². The van der Waals surface area contributed by atoms with E-state index in [1.165, 1.54) is 5.59 Å². The quantitative estimate of drug-likeness (QED) is 0.443. The Labute approximate surface area is 59.9 Å². The maximum Gasteiger partial charge on any atom is 0.163 e. The molecule has 10 heavy (non-hydrogen) atoms. The third-order valence-electron chi connectivity index (χ3n) is 1.60. The first-order chi connectivity index (χ1) is 4.88. The van der Waals surface area contributed by atoms with Crippen molar-refractivity contribution >= 4 is 19.1 Å². The van der Waals surface area contributed by atoms with Crippen LogP contribution >= 0.6 is 0 Å². The summed E-state index contributed by atoms with van der Waals surface area (Å²) >= 11 is 0. The number of pyridine rings is 1. The first kappa shape index (κ1) is 5.53. The van der Waals surface area contributed by atoms with Gasteiger partial charge in [-0.3, -0.25) is 0 Å². The second kappa shape index (κ2) is 1.87. The van der Waals surface area contributed by atoms with Crippen LogP contribution in [0.1, 0.15) is 0 Å². The maximum absolute atomic E-state index is 4.18. The Morgan fingerprint density at radius 1 is 1.40 bits per heavy atom. The molecule has 0 aliphatic carbocycles. The van der Waals surface area contributed by atoms with Crippen LogP contribution in [0.15, 0.2) is 30.6 Å². The lowest BCUT2D eigenvalue weighted by Gasteiger charge is -1.91. The van der Waals surface area contributed by atoms with Crippen molar-refractivity contribution in [1.82, 2.24) is 9.38 Å². The number of rotatable bonds is 0. The van der Waals surface area contributed by atoms with Crippen molar-refractivity contribution in [3.05, 3.63) is 30.6 Å². The van der Waals surface area contributed by atoms with Crippen LogP contribution in [0.4, 0.5) is 0 Å². The van der Waals surface area contributed by atoms with E-state index in [0.29, 0.717) is 0 Å². The predicted octanol–water partition coefficient (Wildman–Crippen LogP) is -0.407. The van der Waals surface area contributed by atoms with Gasteiger partial charge in [0.25, 0.3) is 0 Å². The molecule has 2 rings (SSSR count). The molecule has 2 aromatic rings. The molecule has 0 radical (unpaired) electrons. The largest absolute Gasteiger partial charge is 0.314 e. The molecule has 0 N–H and O–H groups in total. The van der Waals surface area contributed by atoms with Crippen LogP contribution in [-0.2, 0) is 0 Å². The number of fused-ring (bicyclic) bond motifs is 1. The van der Waals surface area contributed by atoms with Crippen LogP contribution in [0.25, 0.3) is 5.65 Å². The highest BCUT2D eigenvalue weighted by Gasteiger charge is 1.93. The van der Waals surface area contributed by atoms with Crippen LogP contribution in [0, 0.1) is 0 Å². The third-order valence-corrected chi connectivity index (χ3v) is 1.60. The SMILES string of the molecule is Bc1cnc2ccccn12. The van der Waals surface area contributed by atoms with Gasteiger partial charge in [-0.25, -0.2) is 4.98 Å². The van der Waals surface area contributed by atoms with Gasteiger partial charge in [-0.1, -0.05) is 6.07 Å². The molecule has 0 aromatic carbocycles. The van der Waals surface area contributed by atoms with Gasteiger partial charge in [0, 0.05) is 12.4 Å². The molecule has 3 heteroatoms. The van der Waals surface area contributed by atoms with Gasteiger partial charge in [0.05, 0.1) is 0 Å². The van der Waals surface area contributed by atoms with Gasteiger partial charge in [0.15, 0.2) is 7.85 Å². The summed E-state index contributed by atoms with van der Waals surface area (Å²) < 4.78 is 2.06. The number of imidazole rings is 1. The van der Waals surface area contributed by atoms with E-state index in [2.05, 4.69) is 9.38 Å². The summed E-state index contributed by atoms with van der Waals surface area (Å²) in [4.78, 5) is 4.18. The van der Waals surface area contributed by atoms with E-state index in [1.807, 2.05) is 38.4 Å². The standard InChI is InChI=1S/C7H7BN2/c8-6-5-9-7-3-1-2-4-10(6)7/h1-5H,8H2. The molecular formula is C7H7BN2. The van der Waals surface area contributed by atoms with Gasteiger partial charge < -0.3 is 4.40 Å². The van der Waals surface area contributed by atoms with E-state index in [4.69, 9.17) is 0 Å². The zero-order valence-electron chi connectivity index (χ0n) is 5.78. The molecule has 0 spiro atoms. The molecule has 0 atom stereocenters. The molecule has 0 bridgehead atoms. The lowest BCUT2D eigenvalue weighted by molar-refractivity contribution is 1.22. The Morgan fingerprint density at radius 3 is 3.10 bits per heavy atom. The number of hydrogen-bond donors (Lipinski definition) is 0. The van der Waals surface area contributed by atoms with Crippen molar-refractivity contribution in [2.24, 2.45) is 0 Å². The highest BCUT2D eigenvalue weighted by atomic mass is 15.0. The minimum absolute atomic E-state index is 1.01. The minimum atomic E-state index is 1.01. The Balaban J connectivity index is 2.93. The maximum atomic E-state index is 4.18. The van der Waals surface area contributed by atoms with E-state index in [-0.39, 0.29) is 0 Å². The lowest BCUT2D eigenvalue weighted by Crippen LogP contribution is -2.07. The second-order valence-corrected chi connectivity index (χ2v) is 2.33. The third kappa shape index (κ3) is 0.636. The van der Waals surface area contributed by atoms with Crippen LogP contribution in [-0.4, -0.2) is 17.2 Å². The van der Waals surface area contributed by atoms with Crippen molar-refractivity contribution in [3.63, 3.8) is 0 Å². The molecule has 2 nitrogen and oxygen atoms in total. The molecule has 0 fully saturated rings. The minimum Gasteiger partial charge on any atom is -0.314 e. The van der Waals surface area contributed by atoms with Crippen LogP contribution < -0.4 is 5.59 Å². The Bertz CT molecular complexity index is 353. The first-order valence-electron chi connectivity index (χ1n) is 3.26. The molecule has 0 aliphatic heterocycles. The highest BCUT2D eigenvalue weighted by molar-refractivity contribution is 6.31. The van der Waals surface area contributed by atoms with Crippen molar-refractivity contribution in [1.29, 1.82) is 0 Å². The van der Waals surface area contributed by atoms with Crippen molar-refractivity contribution < 1.29 is 0 Å². The Hall–Kier alpha value is -1.25. The lowest BCUT2D eigenvalue weighted by atomic mass is 10.1. The van der Waals surface area contributed by atoms with E-state index >= 15 is 0 Å². The molecule has 0 amide bonds. The summed E-state index contributed by atoms with van der Waals surface area (Å²) in [6.07, 6.45) is 3.88. The topological polar surface area (TPSA) is 17.3 Å². The van der Waals surface area contributed by atoms with Gasteiger partial charge in [0.2, 0.25) is 0 Å². The fourth-order valence-corrected chi connectivity index (χ4v) is 1.06. The smallest absolute Gasteiger partial charge is 0.163 e. The summed E-state index contributed by atoms with van der Waals surface area (Å²) in [6, 6.07) is 5.98. The molecule has 0 saturated heterocycles. The summed E-state index contributed by atoms with van der Waals surface area (Å²) in [5, 5.41) is 0. The van der Waals surface area contributed by atoms with Crippen LogP contribution in [0.2, 0.25) is 0 Å². The van der Waals surface area contributed by atoms with Gasteiger partial charge in [-0.2, -0.15) is 0 Å². The van der Waals surface area contributed by atoms with Crippen LogP contribution in [0.3, 0.4) is 0 Å². The van der Waals surface area contributed by atoms with Crippen molar-refractivity contribution in [3.8, 4) is 0 Å².